The Kier molecular flexibility index (Phi) is 3.54. The minimum Gasteiger partial charge on any atom is -0.486 e. The molecule has 4 aromatic rings. The second-order valence-electron chi connectivity index (χ2n) is 5.81. The minimum atomic E-state index is -0.328. The number of amides is 1. The van der Waals surface area contributed by atoms with Gasteiger partial charge in [0.05, 0.1) is 20.4 Å². The number of hydrogen-bond acceptors (Lipinski definition) is 6. The van der Waals surface area contributed by atoms with E-state index in [2.05, 4.69) is 9.98 Å². The summed E-state index contributed by atoms with van der Waals surface area (Å²) < 4.78 is 15.1. The van der Waals surface area contributed by atoms with Crippen LogP contribution >= 0.6 is 22.7 Å². The van der Waals surface area contributed by atoms with Crippen molar-refractivity contribution in [1.82, 2.24) is 9.55 Å². The molecule has 0 bridgehead atoms. The summed E-state index contributed by atoms with van der Waals surface area (Å²) in [5.74, 6) is 1.13. The Labute approximate surface area is 156 Å². The first kappa shape index (κ1) is 15.5. The number of carbonyl (C=O) groups is 1. The number of aryl methyl sites for hydroxylation is 1. The van der Waals surface area contributed by atoms with Gasteiger partial charge in [0.25, 0.3) is 0 Å². The fraction of sp³-hybridized carbons (Fsp3) is 0.167. The smallest absolute Gasteiger partial charge is 0.308 e. The molecule has 0 saturated heterocycles. The average Bonchev–Trinajstić information content (AvgIpc) is 3.22. The molecule has 26 heavy (non-hydrogen) atoms. The van der Waals surface area contributed by atoms with Crippen LogP contribution in [-0.4, -0.2) is 28.7 Å². The first-order valence-electron chi connectivity index (χ1n) is 8.03. The van der Waals surface area contributed by atoms with E-state index >= 15 is 0 Å². The lowest BCUT2D eigenvalue weighted by Crippen LogP contribution is -2.15. The van der Waals surface area contributed by atoms with Gasteiger partial charge >= 0.3 is 5.91 Å². The molecule has 0 radical (unpaired) electrons. The van der Waals surface area contributed by atoms with E-state index in [0.29, 0.717) is 23.0 Å². The molecule has 0 spiro atoms. The third-order valence-electron chi connectivity index (χ3n) is 4.15. The van der Waals surface area contributed by atoms with Crippen molar-refractivity contribution < 1.29 is 14.3 Å². The number of ether oxygens (including phenoxy) is 2. The fourth-order valence-corrected chi connectivity index (χ4v) is 4.75. The van der Waals surface area contributed by atoms with Crippen LogP contribution in [-0.2, 0) is 7.05 Å². The van der Waals surface area contributed by atoms with Gasteiger partial charge in [0.1, 0.15) is 13.2 Å². The molecule has 0 unspecified atom stereocenters. The second-order valence-corrected chi connectivity index (χ2v) is 7.85. The van der Waals surface area contributed by atoms with E-state index in [0.717, 1.165) is 31.9 Å². The lowest BCUT2D eigenvalue weighted by molar-refractivity contribution is 0.0998. The van der Waals surface area contributed by atoms with Crippen molar-refractivity contribution in [1.29, 1.82) is 0 Å². The summed E-state index contributed by atoms with van der Waals surface area (Å²) in [6, 6.07) is 11.6. The summed E-state index contributed by atoms with van der Waals surface area (Å²) >= 11 is 2.80. The van der Waals surface area contributed by atoms with Gasteiger partial charge in [-0.25, -0.2) is 4.98 Å². The molecule has 0 saturated carbocycles. The van der Waals surface area contributed by atoms with Gasteiger partial charge in [0.2, 0.25) is 0 Å². The second kappa shape index (κ2) is 5.93. The maximum absolute atomic E-state index is 12.6. The van der Waals surface area contributed by atoms with Crippen LogP contribution in [0.5, 0.6) is 11.5 Å². The number of carbonyl (C=O) groups excluding carboxylic acids is 1. The predicted molar refractivity (Wildman–Crippen MR) is 101 cm³/mol. The van der Waals surface area contributed by atoms with Gasteiger partial charge in [0, 0.05) is 19.2 Å². The van der Waals surface area contributed by atoms with Crippen LogP contribution in [0.2, 0.25) is 0 Å². The molecule has 0 fully saturated rings. The van der Waals surface area contributed by atoms with E-state index in [-0.39, 0.29) is 5.91 Å². The Bertz CT molecular complexity index is 1200. The van der Waals surface area contributed by atoms with Gasteiger partial charge < -0.3 is 14.0 Å². The van der Waals surface area contributed by atoms with Crippen molar-refractivity contribution in [3.05, 3.63) is 46.2 Å². The maximum Gasteiger partial charge on any atom is 0.308 e. The van der Waals surface area contributed by atoms with Crippen LogP contribution in [0.1, 0.15) is 9.80 Å². The molecular weight excluding hydrogens is 370 g/mol. The number of para-hydroxylation sites is 1. The van der Waals surface area contributed by atoms with Gasteiger partial charge in [0.15, 0.2) is 21.3 Å². The van der Waals surface area contributed by atoms with Crippen LogP contribution in [0.4, 0.5) is 0 Å². The Morgan fingerprint density at radius 1 is 1.12 bits per heavy atom. The first-order chi connectivity index (χ1) is 12.7. The van der Waals surface area contributed by atoms with Crippen LogP contribution in [0.3, 0.4) is 0 Å². The largest absolute Gasteiger partial charge is 0.486 e. The van der Waals surface area contributed by atoms with E-state index in [9.17, 15) is 4.79 Å². The molecule has 8 heteroatoms. The van der Waals surface area contributed by atoms with Crippen molar-refractivity contribution in [3.8, 4) is 11.5 Å². The standard InChI is InChI=1S/C18H13N3O3S2/c1-21-11-8-12-13(24-7-6-23-12)9-15(11)26-18(21)20-16(22)17-19-10-4-2-3-5-14(10)25-17/h2-5,8-9H,6-7H2,1H3. The molecule has 2 aromatic carbocycles. The molecule has 3 heterocycles. The van der Waals surface area contributed by atoms with E-state index in [1.54, 1.807) is 0 Å². The summed E-state index contributed by atoms with van der Waals surface area (Å²) in [5.41, 5.74) is 1.77. The third kappa shape index (κ3) is 2.49. The molecule has 6 nitrogen and oxygen atoms in total. The predicted octanol–water partition coefficient (Wildman–Crippen LogP) is 3.36. The first-order valence-corrected chi connectivity index (χ1v) is 9.66. The Hall–Kier alpha value is -2.71. The van der Waals surface area contributed by atoms with Crippen LogP contribution < -0.4 is 14.3 Å². The van der Waals surface area contributed by atoms with Gasteiger partial charge in [-0.3, -0.25) is 4.79 Å². The maximum atomic E-state index is 12.6. The highest BCUT2D eigenvalue weighted by Crippen LogP contribution is 2.35. The summed E-state index contributed by atoms with van der Waals surface area (Å²) in [7, 11) is 1.89. The highest BCUT2D eigenvalue weighted by Gasteiger charge is 2.16. The molecule has 1 aliphatic rings. The summed E-state index contributed by atoms with van der Waals surface area (Å²) in [6.45, 7) is 1.09. The summed E-state index contributed by atoms with van der Waals surface area (Å²) in [4.78, 5) is 21.9. The normalized spacial score (nSPS) is 14.3. The molecule has 1 amide bonds. The van der Waals surface area contributed by atoms with E-state index in [4.69, 9.17) is 9.47 Å². The molecule has 0 aliphatic carbocycles. The fourth-order valence-electron chi connectivity index (χ4n) is 2.87. The monoisotopic (exact) mass is 383 g/mol. The summed E-state index contributed by atoms with van der Waals surface area (Å²) in [5, 5.41) is 0.398. The molecule has 1 aliphatic heterocycles. The van der Waals surface area contributed by atoms with Crippen LogP contribution in [0.15, 0.2) is 41.4 Å². The van der Waals surface area contributed by atoms with E-state index < -0.39 is 0 Å². The number of nitrogens with zero attached hydrogens (tertiary/aromatic N) is 3. The number of thiazole rings is 2. The van der Waals surface area contributed by atoms with Crippen molar-refractivity contribution in [3.63, 3.8) is 0 Å². The van der Waals surface area contributed by atoms with Gasteiger partial charge in [-0.1, -0.05) is 23.5 Å². The molecule has 5 rings (SSSR count). The topological polar surface area (TPSA) is 65.7 Å². The lowest BCUT2D eigenvalue weighted by Gasteiger charge is -2.18. The zero-order valence-electron chi connectivity index (χ0n) is 13.8. The SMILES string of the molecule is Cn1c(=NC(=O)c2nc3ccccc3s2)sc2cc3c(cc21)OCCO3. The highest BCUT2D eigenvalue weighted by atomic mass is 32.1. The molecule has 130 valence electrons. The van der Waals surface area contributed by atoms with Crippen molar-refractivity contribution >= 4 is 49.0 Å². The number of hydrogen-bond donors (Lipinski definition) is 0. The minimum absolute atomic E-state index is 0.328. The number of benzene rings is 2. The van der Waals surface area contributed by atoms with Crippen molar-refractivity contribution in [2.24, 2.45) is 12.0 Å². The lowest BCUT2D eigenvalue weighted by atomic mass is 10.3. The molecule has 2 aromatic heterocycles. The van der Waals surface area contributed by atoms with E-state index in [1.165, 1.54) is 22.7 Å². The van der Waals surface area contributed by atoms with Gasteiger partial charge in [-0.05, 0) is 12.1 Å². The zero-order valence-corrected chi connectivity index (χ0v) is 15.4. The number of aromatic nitrogens is 2. The Balaban J connectivity index is 1.61. The Morgan fingerprint density at radius 3 is 2.69 bits per heavy atom. The zero-order chi connectivity index (χ0) is 17.7. The summed E-state index contributed by atoms with van der Waals surface area (Å²) in [6.07, 6.45) is 0. The quantitative estimate of drug-likeness (QED) is 0.506. The van der Waals surface area contributed by atoms with Crippen molar-refractivity contribution in [2.75, 3.05) is 13.2 Å². The third-order valence-corrected chi connectivity index (χ3v) is 6.27. The molecular formula is C18H13N3O3S2. The number of rotatable bonds is 1. The Morgan fingerprint density at radius 2 is 1.88 bits per heavy atom. The molecule has 0 N–H and O–H groups in total. The highest BCUT2D eigenvalue weighted by molar-refractivity contribution is 7.20. The van der Waals surface area contributed by atoms with Crippen LogP contribution in [0, 0.1) is 0 Å². The van der Waals surface area contributed by atoms with Gasteiger partial charge in [-0.2, -0.15) is 4.99 Å². The average molecular weight is 383 g/mol. The van der Waals surface area contributed by atoms with E-state index in [1.807, 2.05) is 48.0 Å². The van der Waals surface area contributed by atoms with Crippen molar-refractivity contribution in [2.45, 2.75) is 0 Å². The number of fused-ring (bicyclic) bond motifs is 3. The van der Waals surface area contributed by atoms with Crippen LogP contribution in [0.25, 0.3) is 20.4 Å². The van der Waals surface area contributed by atoms with Gasteiger partial charge in [-0.15, -0.1) is 11.3 Å². The molecule has 0 atom stereocenters.